The quantitative estimate of drug-likeness (QED) is 0.820. The van der Waals surface area contributed by atoms with Gasteiger partial charge in [0.25, 0.3) is 0 Å². The molecule has 5 nitrogen and oxygen atoms in total. The fourth-order valence-electron chi connectivity index (χ4n) is 2.72. The Labute approximate surface area is 120 Å². The number of rotatable bonds is 4. The number of hydrogen-bond donors (Lipinski definition) is 2. The van der Waals surface area contributed by atoms with E-state index in [0.717, 1.165) is 25.3 Å². The van der Waals surface area contributed by atoms with Crippen LogP contribution in [0.4, 0.5) is 11.4 Å². The Morgan fingerprint density at radius 2 is 2.10 bits per heavy atom. The predicted octanol–water partition coefficient (Wildman–Crippen LogP) is 1.74. The van der Waals surface area contributed by atoms with Crippen molar-refractivity contribution in [3.05, 3.63) is 23.8 Å². The minimum atomic E-state index is -0.980. The molecular formula is C15H23N3O2. The van der Waals surface area contributed by atoms with Crippen LogP contribution >= 0.6 is 0 Å². The zero-order valence-electron chi connectivity index (χ0n) is 12.2. The van der Waals surface area contributed by atoms with E-state index in [1.165, 1.54) is 12.8 Å². The third-order valence-corrected chi connectivity index (χ3v) is 4.08. The summed E-state index contributed by atoms with van der Waals surface area (Å²) < 4.78 is 0. The van der Waals surface area contributed by atoms with Gasteiger partial charge < -0.3 is 20.6 Å². The topological polar surface area (TPSA) is 69.8 Å². The highest BCUT2D eigenvalue weighted by Crippen LogP contribution is 2.24. The summed E-state index contributed by atoms with van der Waals surface area (Å²) in [6, 6.07) is 5.16. The number of benzene rings is 1. The Balaban J connectivity index is 2.00. The van der Waals surface area contributed by atoms with Crippen molar-refractivity contribution in [3.63, 3.8) is 0 Å². The van der Waals surface area contributed by atoms with Crippen LogP contribution in [0.5, 0.6) is 0 Å². The van der Waals surface area contributed by atoms with Crippen molar-refractivity contribution in [1.29, 1.82) is 0 Å². The van der Waals surface area contributed by atoms with E-state index in [0.29, 0.717) is 11.6 Å². The molecule has 110 valence electrons. The first-order valence-corrected chi connectivity index (χ1v) is 7.00. The van der Waals surface area contributed by atoms with Gasteiger partial charge in [0.1, 0.15) is 0 Å². The maximum atomic E-state index is 11.0. The van der Waals surface area contributed by atoms with E-state index < -0.39 is 5.97 Å². The van der Waals surface area contributed by atoms with Crippen molar-refractivity contribution >= 4 is 17.3 Å². The van der Waals surface area contributed by atoms with Crippen molar-refractivity contribution in [2.75, 3.05) is 44.4 Å². The number of nitrogen functional groups attached to an aromatic ring is 1. The second-order valence-electron chi connectivity index (χ2n) is 5.70. The molecule has 0 amide bonds. The van der Waals surface area contributed by atoms with Gasteiger partial charge in [-0.1, -0.05) is 0 Å². The van der Waals surface area contributed by atoms with E-state index in [2.05, 4.69) is 16.8 Å². The van der Waals surface area contributed by atoms with Gasteiger partial charge in [-0.15, -0.1) is 0 Å². The van der Waals surface area contributed by atoms with Crippen molar-refractivity contribution in [3.8, 4) is 0 Å². The molecule has 1 aliphatic heterocycles. The van der Waals surface area contributed by atoms with Gasteiger partial charge in [-0.3, -0.25) is 0 Å². The van der Waals surface area contributed by atoms with Crippen LogP contribution in [0.15, 0.2) is 18.2 Å². The van der Waals surface area contributed by atoms with E-state index in [1.54, 1.807) is 12.1 Å². The third kappa shape index (κ3) is 3.42. The zero-order valence-corrected chi connectivity index (χ0v) is 12.2. The van der Waals surface area contributed by atoms with Crippen LogP contribution in [0.3, 0.4) is 0 Å². The van der Waals surface area contributed by atoms with E-state index in [1.807, 2.05) is 13.1 Å². The molecule has 0 aliphatic carbocycles. The van der Waals surface area contributed by atoms with E-state index in [4.69, 9.17) is 10.8 Å². The number of hydrogen-bond acceptors (Lipinski definition) is 4. The molecule has 1 heterocycles. The van der Waals surface area contributed by atoms with E-state index >= 15 is 0 Å². The summed E-state index contributed by atoms with van der Waals surface area (Å²) in [5, 5.41) is 8.98. The SMILES string of the molecule is CN1CCC(CN(C)c2ccc(C(=O)O)c(N)c2)CC1. The highest BCUT2D eigenvalue weighted by Gasteiger charge is 2.19. The van der Waals surface area contributed by atoms with Crippen LogP contribution in [-0.2, 0) is 0 Å². The maximum Gasteiger partial charge on any atom is 0.337 e. The van der Waals surface area contributed by atoms with Crippen molar-refractivity contribution in [2.45, 2.75) is 12.8 Å². The van der Waals surface area contributed by atoms with Gasteiger partial charge in [0.05, 0.1) is 5.56 Å². The first-order valence-electron chi connectivity index (χ1n) is 7.00. The van der Waals surface area contributed by atoms with Gasteiger partial charge in [-0.25, -0.2) is 4.79 Å². The lowest BCUT2D eigenvalue weighted by Gasteiger charge is -2.32. The number of likely N-dealkylation sites (tertiary alicyclic amines) is 1. The van der Waals surface area contributed by atoms with Gasteiger partial charge in [0.2, 0.25) is 0 Å². The molecule has 1 aromatic carbocycles. The Morgan fingerprint density at radius 1 is 1.45 bits per heavy atom. The summed E-state index contributed by atoms with van der Waals surface area (Å²) in [7, 11) is 4.19. The lowest BCUT2D eigenvalue weighted by molar-refractivity contribution is 0.0698. The summed E-state index contributed by atoms with van der Waals surface area (Å²) in [6.45, 7) is 3.29. The van der Waals surface area contributed by atoms with Gasteiger partial charge in [-0.05, 0) is 57.1 Å². The summed E-state index contributed by atoms with van der Waals surface area (Å²) in [4.78, 5) is 15.5. The minimum Gasteiger partial charge on any atom is -0.478 e. The Hall–Kier alpha value is -1.75. The largest absolute Gasteiger partial charge is 0.478 e. The van der Waals surface area contributed by atoms with Gasteiger partial charge in [0.15, 0.2) is 0 Å². The zero-order chi connectivity index (χ0) is 14.7. The lowest BCUT2D eigenvalue weighted by atomic mass is 9.96. The minimum absolute atomic E-state index is 0.168. The first kappa shape index (κ1) is 14.7. The van der Waals surface area contributed by atoms with Crippen molar-refractivity contribution in [1.82, 2.24) is 4.90 Å². The number of nitrogens with two attached hydrogens (primary N) is 1. The molecule has 1 aromatic rings. The fourth-order valence-corrected chi connectivity index (χ4v) is 2.72. The third-order valence-electron chi connectivity index (χ3n) is 4.08. The van der Waals surface area contributed by atoms with Crippen LogP contribution in [0, 0.1) is 5.92 Å². The number of carbonyl (C=O) groups is 1. The monoisotopic (exact) mass is 277 g/mol. The predicted molar refractivity (Wildman–Crippen MR) is 81.3 cm³/mol. The second kappa shape index (κ2) is 6.13. The number of carboxylic acid groups (broad SMARTS) is 1. The molecule has 0 unspecified atom stereocenters. The maximum absolute atomic E-state index is 11.0. The Bertz CT molecular complexity index is 482. The lowest BCUT2D eigenvalue weighted by Crippen LogP contribution is -2.35. The van der Waals surface area contributed by atoms with Crippen LogP contribution in [0.1, 0.15) is 23.2 Å². The van der Waals surface area contributed by atoms with Crippen molar-refractivity contribution in [2.24, 2.45) is 5.92 Å². The average Bonchev–Trinajstić information content (AvgIpc) is 2.40. The Morgan fingerprint density at radius 3 is 2.65 bits per heavy atom. The number of anilines is 2. The summed E-state index contributed by atoms with van der Waals surface area (Å²) in [5.74, 6) is -0.288. The number of piperidine rings is 1. The van der Waals surface area contributed by atoms with Crippen LogP contribution in [0.25, 0.3) is 0 Å². The fraction of sp³-hybridized carbons (Fsp3) is 0.533. The summed E-state index contributed by atoms with van der Waals surface area (Å²) >= 11 is 0. The summed E-state index contributed by atoms with van der Waals surface area (Å²) in [5.41, 5.74) is 7.27. The van der Waals surface area contributed by atoms with Crippen LogP contribution < -0.4 is 10.6 Å². The molecule has 0 atom stereocenters. The molecule has 1 saturated heterocycles. The molecule has 0 saturated carbocycles. The standard InChI is InChI=1S/C15H23N3O2/c1-17-7-5-11(6-8-17)10-18(2)12-3-4-13(15(19)20)14(16)9-12/h3-4,9,11H,5-8,10,16H2,1-2H3,(H,19,20). The number of aromatic carboxylic acids is 1. The van der Waals surface area contributed by atoms with E-state index in [-0.39, 0.29) is 5.56 Å². The molecule has 1 aliphatic rings. The molecule has 1 fully saturated rings. The highest BCUT2D eigenvalue weighted by atomic mass is 16.4. The molecule has 0 bridgehead atoms. The molecule has 2 rings (SSSR count). The highest BCUT2D eigenvalue weighted by molar-refractivity contribution is 5.94. The van der Waals surface area contributed by atoms with E-state index in [9.17, 15) is 4.79 Å². The molecule has 5 heteroatoms. The molecule has 20 heavy (non-hydrogen) atoms. The number of carboxylic acids is 1. The average molecular weight is 277 g/mol. The second-order valence-corrected chi connectivity index (χ2v) is 5.70. The molecule has 3 N–H and O–H groups in total. The Kier molecular flexibility index (Phi) is 4.49. The van der Waals surface area contributed by atoms with Crippen LogP contribution in [-0.4, -0.2) is 49.7 Å². The van der Waals surface area contributed by atoms with Crippen LogP contribution in [0.2, 0.25) is 0 Å². The van der Waals surface area contributed by atoms with Gasteiger partial charge in [0, 0.05) is 25.0 Å². The molecule has 0 spiro atoms. The van der Waals surface area contributed by atoms with Gasteiger partial charge in [-0.2, -0.15) is 0 Å². The van der Waals surface area contributed by atoms with Crippen molar-refractivity contribution < 1.29 is 9.90 Å². The molecule has 0 radical (unpaired) electrons. The molecule has 0 aromatic heterocycles. The molecular weight excluding hydrogens is 254 g/mol. The normalized spacial score (nSPS) is 17.1. The smallest absolute Gasteiger partial charge is 0.337 e. The number of nitrogens with zero attached hydrogens (tertiary/aromatic N) is 2. The summed E-state index contributed by atoms with van der Waals surface area (Å²) in [6.07, 6.45) is 2.42. The first-order chi connectivity index (χ1) is 9.47. The van der Waals surface area contributed by atoms with Gasteiger partial charge >= 0.3 is 5.97 Å².